The van der Waals surface area contributed by atoms with Gasteiger partial charge in [0.15, 0.2) is 12.4 Å². The Morgan fingerprint density at radius 3 is 2.27 bits per heavy atom. The van der Waals surface area contributed by atoms with Gasteiger partial charge in [-0.25, -0.2) is 0 Å². The first kappa shape index (κ1) is 9.61. The van der Waals surface area contributed by atoms with Gasteiger partial charge >= 0.3 is 11.9 Å². The van der Waals surface area contributed by atoms with E-state index in [9.17, 15) is 14.4 Å². The Labute approximate surface area is 63.0 Å². The third-order valence-corrected chi connectivity index (χ3v) is 0.785. The number of carbonyl (C=O) groups is 3. The first-order valence-electron chi connectivity index (χ1n) is 2.89. The number of ether oxygens (including phenoxy) is 1. The van der Waals surface area contributed by atoms with Crippen LogP contribution < -0.4 is 0 Å². The maximum atomic E-state index is 10.5. The summed E-state index contributed by atoms with van der Waals surface area (Å²) < 4.78 is 4.25. The fourth-order valence-electron chi connectivity index (χ4n) is 0.402. The van der Waals surface area contributed by atoms with Gasteiger partial charge in [0.25, 0.3) is 0 Å². The van der Waals surface area contributed by atoms with Crippen molar-refractivity contribution in [3.63, 3.8) is 0 Å². The molecule has 0 aliphatic carbocycles. The fraction of sp³-hybridized carbons (Fsp3) is 0.500. The van der Waals surface area contributed by atoms with E-state index in [1.54, 1.807) is 0 Å². The van der Waals surface area contributed by atoms with Crippen molar-refractivity contribution < 1.29 is 24.2 Å². The van der Waals surface area contributed by atoms with Crippen molar-refractivity contribution in [2.75, 3.05) is 6.61 Å². The van der Waals surface area contributed by atoms with Gasteiger partial charge in [-0.15, -0.1) is 0 Å². The Bertz CT molecular complexity index is 183. The first-order valence-corrected chi connectivity index (χ1v) is 2.89. The molecule has 0 aromatic heterocycles. The van der Waals surface area contributed by atoms with Crippen molar-refractivity contribution in [2.24, 2.45) is 0 Å². The van der Waals surface area contributed by atoms with Crippen LogP contribution in [0.1, 0.15) is 13.3 Å². The second kappa shape index (κ2) is 4.43. The van der Waals surface area contributed by atoms with Crippen LogP contribution >= 0.6 is 0 Å². The number of rotatable bonds is 4. The van der Waals surface area contributed by atoms with Crippen LogP contribution in [0.25, 0.3) is 0 Å². The van der Waals surface area contributed by atoms with Gasteiger partial charge < -0.3 is 9.84 Å². The molecule has 0 spiro atoms. The van der Waals surface area contributed by atoms with E-state index in [-0.39, 0.29) is 0 Å². The van der Waals surface area contributed by atoms with Crippen molar-refractivity contribution in [1.82, 2.24) is 0 Å². The van der Waals surface area contributed by atoms with Crippen molar-refractivity contribution in [1.29, 1.82) is 0 Å². The van der Waals surface area contributed by atoms with Crippen LogP contribution in [0.15, 0.2) is 0 Å². The molecule has 0 atom stereocenters. The zero-order chi connectivity index (χ0) is 8.85. The fourth-order valence-corrected chi connectivity index (χ4v) is 0.402. The van der Waals surface area contributed by atoms with Gasteiger partial charge in [0, 0.05) is 6.92 Å². The summed E-state index contributed by atoms with van der Waals surface area (Å²) in [5, 5.41) is 8.09. The van der Waals surface area contributed by atoms with E-state index in [2.05, 4.69) is 4.74 Å². The predicted molar refractivity (Wildman–Crippen MR) is 33.9 cm³/mol. The lowest BCUT2D eigenvalue weighted by Crippen LogP contribution is -2.15. The normalized spacial score (nSPS) is 8.82. The number of ketones is 1. The number of hydrogen-bond acceptors (Lipinski definition) is 4. The molecule has 1 N–H and O–H groups in total. The second-order valence-electron chi connectivity index (χ2n) is 1.89. The standard InChI is InChI=1S/C6H8O5/c1-4(7)11-3-5(8)2-6(9)10/h2-3H2,1H3,(H,9,10). The molecule has 0 heterocycles. The minimum Gasteiger partial charge on any atom is -0.481 e. The largest absolute Gasteiger partial charge is 0.481 e. The van der Waals surface area contributed by atoms with Gasteiger partial charge in [0.1, 0.15) is 6.42 Å². The van der Waals surface area contributed by atoms with Gasteiger partial charge in [-0.05, 0) is 0 Å². The Hall–Kier alpha value is -1.39. The van der Waals surface area contributed by atoms with E-state index >= 15 is 0 Å². The third kappa shape index (κ3) is 6.50. The SMILES string of the molecule is CC(=O)OCC(=O)CC(=O)O. The van der Waals surface area contributed by atoms with Crippen LogP contribution in [0, 0.1) is 0 Å². The number of carbonyl (C=O) groups excluding carboxylic acids is 2. The zero-order valence-electron chi connectivity index (χ0n) is 5.99. The molecule has 0 rings (SSSR count). The number of Topliss-reactive ketones (excluding diaryl/α,β-unsaturated/α-hetero) is 1. The molecule has 0 bridgehead atoms. The van der Waals surface area contributed by atoms with E-state index in [0.29, 0.717) is 0 Å². The summed E-state index contributed by atoms with van der Waals surface area (Å²) in [6, 6.07) is 0. The quantitative estimate of drug-likeness (QED) is 0.446. The lowest BCUT2D eigenvalue weighted by atomic mass is 10.3. The Morgan fingerprint density at radius 1 is 1.36 bits per heavy atom. The molecule has 0 aliphatic heterocycles. The van der Waals surface area contributed by atoms with E-state index in [1.807, 2.05) is 0 Å². The Morgan fingerprint density at radius 2 is 1.91 bits per heavy atom. The Kier molecular flexibility index (Phi) is 3.87. The lowest BCUT2D eigenvalue weighted by molar-refractivity contribution is -0.149. The lowest BCUT2D eigenvalue weighted by Gasteiger charge is -1.97. The van der Waals surface area contributed by atoms with Gasteiger partial charge in [-0.1, -0.05) is 0 Å². The van der Waals surface area contributed by atoms with Crippen LogP contribution in [-0.4, -0.2) is 29.4 Å². The minimum absolute atomic E-state index is 0.457. The van der Waals surface area contributed by atoms with Crippen molar-refractivity contribution in [3.05, 3.63) is 0 Å². The number of hydrogen-bond donors (Lipinski definition) is 1. The van der Waals surface area contributed by atoms with Gasteiger partial charge in [-0.3, -0.25) is 14.4 Å². The zero-order valence-corrected chi connectivity index (χ0v) is 5.99. The molecule has 0 fully saturated rings. The molecule has 5 heteroatoms. The molecule has 5 nitrogen and oxygen atoms in total. The molecule has 0 aromatic carbocycles. The molecule has 0 aromatic rings. The molecule has 0 radical (unpaired) electrons. The molecule has 0 amide bonds. The molecule has 11 heavy (non-hydrogen) atoms. The highest BCUT2D eigenvalue weighted by atomic mass is 16.5. The molecule has 62 valence electrons. The summed E-state index contributed by atoms with van der Waals surface area (Å²) in [6.07, 6.45) is -0.604. The van der Waals surface area contributed by atoms with E-state index < -0.39 is 30.7 Å². The highest BCUT2D eigenvalue weighted by Crippen LogP contribution is 1.85. The van der Waals surface area contributed by atoms with Crippen LogP contribution in [-0.2, 0) is 19.1 Å². The van der Waals surface area contributed by atoms with Crippen LogP contribution in [0.3, 0.4) is 0 Å². The van der Waals surface area contributed by atoms with Gasteiger partial charge in [0.2, 0.25) is 0 Å². The average Bonchev–Trinajstić information content (AvgIpc) is 1.82. The summed E-state index contributed by atoms with van der Waals surface area (Å²) in [7, 11) is 0. The third-order valence-electron chi connectivity index (χ3n) is 0.785. The molecule has 0 saturated heterocycles. The first-order chi connectivity index (χ1) is 5.02. The van der Waals surface area contributed by atoms with Crippen molar-refractivity contribution >= 4 is 17.7 Å². The number of carboxylic acids is 1. The van der Waals surface area contributed by atoms with Crippen molar-refractivity contribution in [3.8, 4) is 0 Å². The summed E-state index contributed by atoms with van der Waals surface area (Å²) in [4.78, 5) is 30.5. The molecule has 0 unspecified atom stereocenters. The number of carboxylic acid groups (broad SMARTS) is 1. The summed E-state index contributed by atoms with van der Waals surface area (Å²) >= 11 is 0. The maximum Gasteiger partial charge on any atom is 0.311 e. The highest BCUT2D eigenvalue weighted by molar-refractivity contribution is 5.95. The van der Waals surface area contributed by atoms with Crippen LogP contribution in [0.2, 0.25) is 0 Å². The molecule has 0 saturated carbocycles. The molecular formula is C6H8O5. The number of esters is 1. The smallest absolute Gasteiger partial charge is 0.311 e. The van der Waals surface area contributed by atoms with Gasteiger partial charge in [-0.2, -0.15) is 0 Å². The molecule has 0 aliphatic rings. The summed E-state index contributed by atoms with van der Waals surface area (Å²) in [6.45, 7) is 0.690. The number of aliphatic carboxylic acids is 1. The van der Waals surface area contributed by atoms with E-state index in [0.717, 1.165) is 6.92 Å². The highest BCUT2D eigenvalue weighted by Gasteiger charge is 2.08. The monoisotopic (exact) mass is 160 g/mol. The summed E-state index contributed by atoms with van der Waals surface area (Å²) in [5.74, 6) is -2.43. The van der Waals surface area contributed by atoms with E-state index in [4.69, 9.17) is 5.11 Å². The Balaban J connectivity index is 3.53. The summed E-state index contributed by atoms with van der Waals surface area (Å²) in [5.41, 5.74) is 0. The van der Waals surface area contributed by atoms with Crippen LogP contribution in [0.4, 0.5) is 0 Å². The maximum absolute atomic E-state index is 10.5. The molecular weight excluding hydrogens is 152 g/mol. The second-order valence-corrected chi connectivity index (χ2v) is 1.89. The van der Waals surface area contributed by atoms with Crippen LogP contribution in [0.5, 0.6) is 0 Å². The average molecular weight is 160 g/mol. The van der Waals surface area contributed by atoms with Gasteiger partial charge in [0.05, 0.1) is 0 Å². The minimum atomic E-state index is -1.22. The van der Waals surface area contributed by atoms with Crippen molar-refractivity contribution in [2.45, 2.75) is 13.3 Å². The topological polar surface area (TPSA) is 80.7 Å². The predicted octanol–water partition coefficient (Wildman–Crippen LogP) is -0.407. The van der Waals surface area contributed by atoms with E-state index in [1.165, 1.54) is 0 Å².